The van der Waals surface area contributed by atoms with Crippen molar-refractivity contribution in [3.05, 3.63) is 35.9 Å². The summed E-state index contributed by atoms with van der Waals surface area (Å²) in [5, 5.41) is 0. The van der Waals surface area contributed by atoms with E-state index in [1.807, 2.05) is 51.1 Å². The fraction of sp³-hybridized carbons (Fsp3) is 0.571. The average molecular weight is 236 g/mol. The second-order valence-electron chi connectivity index (χ2n) is 5.26. The second-order valence-corrected chi connectivity index (χ2v) is 5.26. The van der Waals surface area contributed by atoms with Crippen molar-refractivity contribution >= 4 is 0 Å². The summed E-state index contributed by atoms with van der Waals surface area (Å²) in [6, 6.07) is 9.98. The maximum atomic E-state index is 5.80. The van der Waals surface area contributed by atoms with Crippen molar-refractivity contribution in [3.8, 4) is 0 Å². The monoisotopic (exact) mass is 236 g/mol. The van der Waals surface area contributed by atoms with Crippen LogP contribution in [0.1, 0.15) is 32.6 Å². The van der Waals surface area contributed by atoms with Gasteiger partial charge in [0.15, 0.2) is 6.29 Å². The Morgan fingerprint density at radius 1 is 1.24 bits per heavy atom. The van der Waals surface area contributed by atoms with E-state index in [-0.39, 0.29) is 18.0 Å². The van der Waals surface area contributed by atoms with E-state index >= 15 is 0 Å². The summed E-state index contributed by atoms with van der Waals surface area (Å²) in [4.78, 5) is 0. The van der Waals surface area contributed by atoms with Crippen LogP contribution in [0.25, 0.3) is 0 Å². The standard InChI is InChI=1S/C14H20O3/c1-14(2,3)16-10-12-9-15-13(17-12)11-7-5-4-6-8-11/h4-8,12-13H,9-10H2,1-3H3. The molecule has 0 spiro atoms. The van der Waals surface area contributed by atoms with Gasteiger partial charge in [0, 0.05) is 5.56 Å². The molecule has 1 aliphatic rings. The van der Waals surface area contributed by atoms with Crippen molar-refractivity contribution in [1.82, 2.24) is 0 Å². The predicted molar refractivity (Wildman–Crippen MR) is 65.7 cm³/mol. The molecule has 1 aromatic rings. The molecule has 17 heavy (non-hydrogen) atoms. The molecule has 1 aliphatic heterocycles. The van der Waals surface area contributed by atoms with Gasteiger partial charge in [0.05, 0.1) is 18.8 Å². The number of ether oxygens (including phenoxy) is 3. The maximum absolute atomic E-state index is 5.80. The van der Waals surface area contributed by atoms with Gasteiger partial charge in [-0.15, -0.1) is 0 Å². The SMILES string of the molecule is CC(C)(C)OCC1COC(c2ccccc2)O1. The molecule has 2 rings (SSSR count). The fourth-order valence-electron chi connectivity index (χ4n) is 1.66. The molecule has 0 radical (unpaired) electrons. The summed E-state index contributed by atoms with van der Waals surface area (Å²) in [6.07, 6.45) is -0.218. The number of benzene rings is 1. The van der Waals surface area contributed by atoms with Gasteiger partial charge in [-0.25, -0.2) is 0 Å². The predicted octanol–water partition coefficient (Wildman–Crippen LogP) is 2.92. The Kier molecular flexibility index (Phi) is 3.82. The number of hydrogen-bond donors (Lipinski definition) is 0. The van der Waals surface area contributed by atoms with Crippen LogP contribution in [0.2, 0.25) is 0 Å². The first-order valence-electron chi connectivity index (χ1n) is 6.00. The molecule has 3 heteroatoms. The Morgan fingerprint density at radius 2 is 1.94 bits per heavy atom. The van der Waals surface area contributed by atoms with Gasteiger partial charge in [-0.1, -0.05) is 30.3 Å². The lowest BCUT2D eigenvalue weighted by molar-refractivity contribution is -0.0932. The van der Waals surface area contributed by atoms with Crippen LogP contribution in [0.5, 0.6) is 0 Å². The first-order valence-corrected chi connectivity index (χ1v) is 6.00. The Balaban J connectivity index is 1.84. The third kappa shape index (κ3) is 3.80. The smallest absolute Gasteiger partial charge is 0.184 e. The van der Waals surface area contributed by atoms with Crippen molar-refractivity contribution in [2.24, 2.45) is 0 Å². The van der Waals surface area contributed by atoms with E-state index in [1.165, 1.54) is 0 Å². The summed E-state index contributed by atoms with van der Waals surface area (Å²) < 4.78 is 17.1. The van der Waals surface area contributed by atoms with Crippen LogP contribution in [-0.2, 0) is 14.2 Å². The van der Waals surface area contributed by atoms with Crippen LogP contribution in [0.3, 0.4) is 0 Å². The topological polar surface area (TPSA) is 27.7 Å². The maximum Gasteiger partial charge on any atom is 0.184 e. The van der Waals surface area contributed by atoms with Gasteiger partial charge in [0.2, 0.25) is 0 Å². The lowest BCUT2D eigenvalue weighted by atomic mass is 10.2. The first kappa shape index (κ1) is 12.6. The van der Waals surface area contributed by atoms with E-state index in [4.69, 9.17) is 14.2 Å². The van der Waals surface area contributed by atoms with Gasteiger partial charge in [-0.2, -0.15) is 0 Å². The summed E-state index contributed by atoms with van der Waals surface area (Å²) in [5.74, 6) is 0. The average Bonchev–Trinajstić information content (AvgIpc) is 2.75. The molecule has 1 fully saturated rings. The van der Waals surface area contributed by atoms with Gasteiger partial charge in [0.25, 0.3) is 0 Å². The number of hydrogen-bond acceptors (Lipinski definition) is 3. The van der Waals surface area contributed by atoms with Gasteiger partial charge < -0.3 is 14.2 Å². The Bertz CT molecular complexity index is 342. The molecule has 2 atom stereocenters. The minimum Gasteiger partial charge on any atom is -0.373 e. The zero-order chi connectivity index (χ0) is 12.3. The molecule has 1 saturated heterocycles. The van der Waals surface area contributed by atoms with Crippen LogP contribution in [0, 0.1) is 0 Å². The highest BCUT2D eigenvalue weighted by molar-refractivity contribution is 5.16. The van der Waals surface area contributed by atoms with Crippen molar-refractivity contribution in [3.63, 3.8) is 0 Å². The van der Waals surface area contributed by atoms with Crippen LogP contribution in [0.4, 0.5) is 0 Å². The molecule has 94 valence electrons. The molecule has 0 saturated carbocycles. The third-order valence-electron chi connectivity index (χ3n) is 2.52. The van der Waals surface area contributed by atoms with E-state index in [0.717, 1.165) is 5.56 Å². The Hall–Kier alpha value is -0.900. The molecule has 1 heterocycles. The molecule has 0 amide bonds. The van der Waals surface area contributed by atoms with E-state index in [9.17, 15) is 0 Å². The summed E-state index contributed by atoms with van der Waals surface area (Å²) in [5.41, 5.74) is 0.930. The molecule has 2 unspecified atom stereocenters. The highest BCUT2D eigenvalue weighted by atomic mass is 16.7. The van der Waals surface area contributed by atoms with Crippen molar-refractivity contribution < 1.29 is 14.2 Å². The molecule has 3 nitrogen and oxygen atoms in total. The fourth-order valence-corrected chi connectivity index (χ4v) is 1.66. The van der Waals surface area contributed by atoms with Crippen LogP contribution >= 0.6 is 0 Å². The molecule has 0 aliphatic carbocycles. The van der Waals surface area contributed by atoms with Crippen molar-refractivity contribution in [2.45, 2.75) is 38.8 Å². The zero-order valence-electron chi connectivity index (χ0n) is 10.7. The van der Waals surface area contributed by atoms with Crippen LogP contribution in [0.15, 0.2) is 30.3 Å². The molecule has 0 aromatic heterocycles. The number of rotatable bonds is 3. The van der Waals surface area contributed by atoms with Gasteiger partial charge in [0.1, 0.15) is 6.10 Å². The second kappa shape index (κ2) is 5.17. The largest absolute Gasteiger partial charge is 0.373 e. The lowest BCUT2D eigenvalue weighted by Crippen LogP contribution is -2.27. The van der Waals surface area contributed by atoms with Crippen molar-refractivity contribution in [2.75, 3.05) is 13.2 Å². The Labute approximate surface area is 103 Å². The third-order valence-corrected chi connectivity index (χ3v) is 2.52. The summed E-state index contributed by atoms with van der Waals surface area (Å²) in [7, 11) is 0. The highest BCUT2D eigenvalue weighted by Gasteiger charge is 2.28. The minimum atomic E-state index is -0.246. The van der Waals surface area contributed by atoms with Crippen LogP contribution < -0.4 is 0 Å². The van der Waals surface area contributed by atoms with E-state index in [2.05, 4.69) is 0 Å². The molecule has 1 aromatic carbocycles. The van der Waals surface area contributed by atoms with E-state index < -0.39 is 0 Å². The summed E-state index contributed by atoms with van der Waals surface area (Å²) >= 11 is 0. The quantitative estimate of drug-likeness (QED) is 0.807. The van der Waals surface area contributed by atoms with E-state index in [1.54, 1.807) is 0 Å². The van der Waals surface area contributed by atoms with Gasteiger partial charge in [-0.05, 0) is 20.8 Å². The molecular formula is C14H20O3. The highest BCUT2D eigenvalue weighted by Crippen LogP contribution is 2.27. The van der Waals surface area contributed by atoms with Crippen LogP contribution in [-0.4, -0.2) is 24.9 Å². The van der Waals surface area contributed by atoms with Crippen molar-refractivity contribution in [1.29, 1.82) is 0 Å². The molecule has 0 N–H and O–H groups in total. The molecule has 0 bridgehead atoms. The lowest BCUT2D eigenvalue weighted by Gasteiger charge is -2.21. The zero-order valence-corrected chi connectivity index (χ0v) is 10.7. The van der Waals surface area contributed by atoms with E-state index in [0.29, 0.717) is 13.2 Å². The minimum absolute atomic E-state index is 0.0273. The van der Waals surface area contributed by atoms with Gasteiger partial charge in [-0.3, -0.25) is 0 Å². The summed E-state index contributed by atoms with van der Waals surface area (Å²) in [6.45, 7) is 7.29. The van der Waals surface area contributed by atoms with Gasteiger partial charge >= 0.3 is 0 Å². The first-order chi connectivity index (χ1) is 8.04. The molecular weight excluding hydrogens is 216 g/mol. The Morgan fingerprint density at radius 3 is 2.59 bits per heavy atom. The normalized spacial score (nSPS) is 25.1.